The summed E-state index contributed by atoms with van der Waals surface area (Å²) in [6.45, 7) is 1.69. The smallest absolute Gasteiger partial charge is 0.158 e. The molecule has 7 nitrogen and oxygen atoms in total. The van der Waals surface area contributed by atoms with Gasteiger partial charge in [0.15, 0.2) is 5.82 Å². The zero-order chi connectivity index (χ0) is 19.0. The van der Waals surface area contributed by atoms with Crippen molar-refractivity contribution in [3.8, 4) is 0 Å². The van der Waals surface area contributed by atoms with E-state index in [1.54, 1.807) is 10.6 Å². The first kappa shape index (κ1) is 18.1. The summed E-state index contributed by atoms with van der Waals surface area (Å²) in [5, 5.41) is 27.0. The predicted molar refractivity (Wildman–Crippen MR) is 99.6 cm³/mol. The number of hydrogen-bond donors (Lipinski definition) is 3. The Bertz CT molecular complexity index is 966. The van der Waals surface area contributed by atoms with Crippen molar-refractivity contribution in [1.29, 1.82) is 0 Å². The third-order valence-corrected chi connectivity index (χ3v) is 5.03. The number of rotatable bonds is 4. The van der Waals surface area contributed by atoms with Gasteiger partial charge in [-0.1, -0.05) is 11.6 Å². The van der Waals surface area contributed by atoms with Crippen LogP contribution in [0.5, 0.6) is 0 Å². The van der Waals surface area contributed by atoms with Crippen molar-refractivity contribution in [2.45, 2.75) is 25.2 Å². The lowest BCUT2D eigenvalue weighted by Crippen LogP contribution is -2.46. The minimum Gasteiger partial charge on any atom is -0.390 e. The molecule has 2 atom stereocenters. The number of nitrogens with zero attached hydrogens (tertiary/aromatic N) is 4. The fourth-order valence-corrected chi connectivity index (χ4v) is 3.50. The van der Waals surface area contributed by atoms with E-state index < -0.39 is 18.0 Å². The second-order valence-corrected chi connectivity index (χ2v) is 7.06. The van der Waals surface area contributed by atoms with Crippen molar-refractivity contribution in [2.24, 2.45) is 0 Å². The minimum absolute atomic E-state index is 0.0292. The van der Waals surface area contributed by atoms with Crippen LogP contribution in [0.3, 0.4) is 0 Å². The lowest BCUT2D eigenvalue weighted by molar-refractivity contribution is -0.0402. The number of nitrogens with one attached hydrogen (secondary N) is 1. The van der Waals surface area contributed by atoms with Crippen molar-refractivity contribution in [3.05, 3.63) is 53.2 Å². The van der Waals surface area contributed by atoms with E-state index in [2.05, 4.69) is 20.3 Å². The summed E-state index contributed by atoms with van der Waals surface area (Å²) in [7, 11) is 0. The predicted octanol–water partition coefficient (Wildman–Crippen LogP) is 2.19. The maximum absolute atomic E-state index is 13.4. The molecule has 0 aliphatic carbocycles. The Morgan fingerprint density at radius 3 is 2.89 bits per heavy atom. The third-order valence-electron chi connectivity index (χ3n) is 4.74. The van der Waals surface area contributed by atoms with E-state index in [0.717, 1.165) is 11.1 Å². The summed E-state index contributed by atoms with van der Waals surface area (Å²) in [4.78, 5) is 6.40. The van der Waals surface area contributed by atoms with E-state index in [-0.39, 0.29) is 5.02 Å². The lowest BCUT2D eigenvalue weighted by Gasteiger charge is -2.33. The van der Waals surface area contributed by atoms with Gasteiger partial charge in [-0.25, -0.2) is 13.9 Å². The summed E-state index contributed by atoms with van der Waals surface area (Å²) in [6.07, 6.45) is 2.39. The standard InChI is InChI=1S/C18H19ClFN5O2/c19-13-7-12(1-2-14(13)20)23-18-17-11(3-6-25(17)22-10-21-18)8-24-5-4-15(26)16(27)9-24/h1-3,6-7,10,15-16,26-27H,4-5,8-9H2,(H,21,22,23)/t15-,16+/m0/s1. The van der Waals surface area contributed by atoms with Gasteiger partial charge in [0.05, 0.1) is 17.2 Å². The van der Waals surface area contributed by atoms with Crippen LogP contribution in [-0.2, 0) is 6.54 Å². The number of anilines is 2. The molecule has 0 saturated carbocycles. The number of β-amino-alcohol motifs (C(OH)–C–C–N with tert-alkyl or cyclic N) is 1. The molecule has 4 rings (SSSR count). The first-order valence-electron chi connectivity index (χ1n) is 8.63. The van der Waals surface area contributed by atoms with Gasteiger partial charge in [0, 0.05) is 31.5 Å². The van der Waals surface area contributed by atoms with E-state index in [1.807, 2.05) is 12.3 Å². The lowest BCUT2D eigenvalue weighted by atomic mass is 10.0. The van der Waals surface area contributed by atoms with Crippen LogP contribution in [0.2, 0.25) is 5.02 Å². The molecule has 1 aliphatic rings. The number of aromatic nitrogens is 3. The fraction of sp³-hybridized carbons (Fsp3) is 0.333. The van der Waals surface area contributed by atoms with Crippen LogP contribution < -0.4 is 5.32 Å². The fourth-order valence-electron chi connectivity index (χ4n) is 3.32. The highest BCUT2D eigenvalue weighted by molar-refractivity contribution is 6.31. The average Bonchev–Trinajstić information content (AvgIpc) is 3.05. The summed E-state index contributed by atoms with van der Waals surface area (Å²) in [5.74, 6) is 0.0922. The van der Waals surface area contributed by atoms with Gasteiger partial charge in [0.2, 0.25) is 0 Å². The van der Waals surface area contributed by atoms with Gasteiger partial charge >= 0.3 is 0 Å². The van der Waals surface area contributed by atoms with E-state index in [4.69, 9.17) is 11.6 Å². The molecule has 1 saturated heterocycles. The normalized spacial score (nSPS) is 20.9. The summed E-state index contributed by atoms with van der Waals surface area (Å²) in [6, 6.07) is 6.33. The molecule has 2 aromatic heterocycles. The monoisotopic (exact) mass is 391 g/mol. The summed E-state index contributed by atoms with van der Waals surface area (Å²) in [5.41, 5.74) is 2.39. The maximum atomic E-state index is 13.4. The first-order valence-corrected chi connectivity index (χ1v) is 9.01. The molecule has 0 amide bonds. The number of piperidine rings is 1. The number of fused-ring (bicyclic) bond motifs is 1. The largest absolute Gasteiger partial charge is 0.390 e. The zero-order valence-electron chi connectivity index (χ0n) is 14.4. The van der Waals surface area contributed by atoms with E-state index >= 15 is 0 Å². The first-order chi connectivity index (χ1) is 13.0. The van der Waals surface area contributed by atoms with Crippen molar-refractivity contribution >= 4 is 28.6 Å². The number of benzene rings is 1. The molecule has 0 radical (unpaired) electrons. The van der Waals surface area contributed by atoms with Gasteiger partial charge in [-0.05, 0) is 36.2 Å². The van der Waals surface area contributed by atoms with Gasteiger partial charge in [-0.15, -0.1) is 0 Å². The molecule has 0 unspecified atom stereocenters. The molecule has 9 heteroatoms. The highest BCUT2D eigenvalue weighted by Gasteiger charge is 2.26. The van der Waals surface area contributed by atoms with E-state index in [0.29, 0.717) is 37.6 Å². The molecule has 1 aromatic carbocycles. The van der Waals surface area contributed by atoms with Crippen molar-refractivity contribution in [3.63, 3.8) is 0 Å². The molecule has 142 valence electrons. The molecule has 27 heavy (non-hydrogen) atoms. The van der Waals surface area contributed by atoms with Crippen LogP contribution in [0.25, 0.3) is 5.52 Å². The molecular formula is C18H19ClFN5O2. The van der Waals surface area contributed by atoms with Crippen molar-refractivity contribution in [1.82, 2.24) is 19.5 Å². The number of hydrogen-bond acceptors (Lipinski definition) is 6. The number of aliphatic hydroxyl groups excluding tert-OH is 2. The van der Waals surface area contributed by atoms with Gasteiger partial charge in [-0.3, -0.25) is 4.90 Å². The van der Waals surface area contributed by atoms with Gasteiger partial charge in [0.1, 0.15) is 17.7 Å². The van der Waals surface area contributed by atoms with Gasteiger partial charge in [-0.2, -0.15) is 5.10 Å². The Morgan fingerprint density at radius 1 is 1.26 bits per heavy atom. The third kappa shape index (κ3) is 3.74. The Kier molecular flexibility index (Phi) is 4.96. The zero-order valence-corrected chi connectivity index (χ0v) is 15.1. The number of aliphatic hydroxyl groups is 2. The highest BCUT2D eigenvalue weighted by atomic mass is 35.5. The molecule has 3 N–H and O–H groups in total. The Balaban J connectivity index is 1.62. The maximum Gasteiger partial charge on any atom is 0.158 e. The van der Waals surface area contributed by atoms with Crippen LogP contribution in [0.4, 0.5) is 15.9 Å². The highest BCUT2D eigenvalue weighted by Crippen LogP contribution is 2.27. The average molecular weight is 392 g/mol. The van der Waals surface area contributed by atoms with Crippen LogP contribution in [0.15, 0.2) is 36.8 Å². The van der Waals surface area contributed by atoms with Crippen LogP contribution in [-0.4, -0.2) is 55.0 Å². The van der Waals surface area contributed by atoms with Gasteiger partial charge in [0.25, 0.3) is 0 Å². The minimum atomic E-state index is -0.747. The molecule has 0 bridgehead atoms. The van der Waals surface area contributed by atoms with Crippen LogP contribution in [0, 0.1) is 5.82 Å². The van der Waals surface area contributed by atoms with Crippen LogP contribution >= 0.6 is 11.6 Å². The quantitative estimate of drug-likeness (QED) is 0.632. The van der Waals surface area contributed by atoms with Crippen molar-refractivity contribution < 1.29 is 14.6 Å². The Labute approximate surface area is 160 Å². The number of likely N-dealkylation sites (tertiary alicyclic amines) is 1. The topological polar surface area (TPSA) is 85.9 Å². The molecule has 0 spiro atoms. The summed E-state index contributed by atoms with van der Waals surface area (Å²) < 4.78 is 15.1. The van der Waals surface area contributed by atoms with E-state index in [1.165, 1.54) is 18.5 Å². The van der Waals surface area contributed by atoms with E-state index in [9.17, 15) is 14.6 Å². The second kappa shape index (κ2) is 7.40. The van der Waals surface area contributed by atoms with Crippen molar-refractivity contribution in [2.75, 3.05) is 18.4 Å². The number of halogens is 2. The Hall–Kier alpha value is -2.26. The molecule has 1 aliphatic heterocycles. The second-order valence-electron chi connectivity index (χ2n) is 6.66. The molecule has 3 aromatic rings. The van der Waals surface area contributed by atoms with Crippen LogP contribution in [0.1, 0.15) is 12.0 Å². The SMILES string of the molecule is O[C@@H]1CN(Cc2ccn3ncnc(Nc4ccc(F)c(Cl)c4)c23)CC[C@@H]1O. The summed E-state index contributed by atoms with van der Waals surface area (Å²) >= 11 is 5.86. The molecule has 1 fully saturated rings. The molecule has 3 heterocycles. The van der Waals surface area contributed by atoms with Gasteiger partial charge < -0.3 is 15.5 Å². The Morgan fingerprint density at radius 2 is 2.11 bits per heavy atom. The molecular weight excluding hydrogens is 373 g/mol.